The Balaban J connectivity index is 1.83. The first kappa shape index (κ1) is 21.9. The fourth-order valence-electron chi connectivity index (χ4n) is 2.72. The van der Waals surface area contributed by atoms with Crippen molar-refractivity contribution >= 4 is 34.9 Å². The summed E-state index contributed by atoms with van der Waals surface area (Å²) in [5, 5.41) is 7.37. The average Bonchev–Trinajstić information content (AvgIpc) is 3.31. The van der Waals surface area contributed by atoms with E-state index < -0.39 is 11.8 Å². The first-order valence-electron chi connectivity index (χ1n) is 9.28. The number of nitrogens with one attached hydrogen (secondary N) is 2. The smallest absolute Gasteiger partial charge is 0.272 e. The van der Waals surface area contributed by atoms with Crippen molar-refractivity contribution in [1.82, 2.24) is 5.32 Å². The van der Waals surface area contributed by atoms with Gasteiger partial charge in [0.05, 0.1) is 21.3 Å². The van der Waals surface area contributed by atoms with Gasteiger partial charge >= 0.3 is 0 Å². The van der Waals surface area contributed by atoms with Crippen LogP contribution in [0.4, 0.5) is 5.69 Å². The molecule has 0 spiro atoms. The van der Waals surface area contributed by atoms with Gasteiger partial charge in [0.25, 0.3) is 11.8 Å². The van der Waals surface area contributed by atoms with Crippen molar-refractivity contribution in [2.75, 3.05) is 26.6 Å². The second-order valence-electron chi connectivity index (χ2n) is 6.28. The summed E-state index contributed by atoms with van der Waals surface area (Å²) in [6.45, 7) is 0. The summed E-state index contributed by atoms with van der Waals surface area (Å²) in [6.07, 6.45) is 1.63. The molecule has 2 amide bonds. The topological polar surface area (TPSA) is 85.9 Å². The number of carbonyl (C=O) groups excluding carboxylic acids is 2. The lowest BCUT2D eigenvalue weighted by atomic mass is 10.1. The number of carbonyl (C=O) groups is 2. The Kier molecular flexibility index (Phi) is 7.29. The van der Waals surface area contributed by atoms with Gasteiger partial charge in [-0.15, -0.1) is 11.3 Å². The molecule has 1 heterocycles. The van der Waals surface area contributed by atoms with Crippen LogP contribution in [0.2, 0.25) is 0 Å². The van der Waals surface area contributed by atoms with E-state index in [2.05, 4.69) is 10.6 Å². The fraction of sp³-hybridized carbons (Fsp3) is 0.130. The van der Waals surface area contributed by atoms with Gasteiger partial charge in [-0.05, 0) is 60.0 Å². The minimum Gasteiger partial charge on any atom is -0.497 e. The van der Waals surface area contributed by atoms with Crippen LogP contribution in [0.15, 0.2) is 65.7 Å². The van der Waals surface area contributed by atoms with E-state index in [4.69, 9.17) is 14.2 Å². The highest BCUT2D eigenvalue weighted by Crippen LogP contribution is 2.27. The van der Waals surface area contributed by atoms with Crippen LogP contribution in [0.5, 0.6) is 17.2 Å². The van der Waals surface area contributed by atoms with Gasteiger partial charge in [-0.3, -0.25) is 9.59 Å². The summed E-state index contributed by atoms with van der Waals surface area (Å²) in [4.78, 5) is 26.6. The van der Waals surface area contributed by atoms with Crippen LogP contribution in [0.3, 0.4) is 0 Å². The highest BCUT2D eigenvalue weighted by Gasteiger charge is 2.17. The Bertz CT molecular complexity index is 1080. The minimum atomic E-state index is -0.451. The van der Waals surface area contributed by atoms with E-state index in [1.165, 1.54) is 25.6 Å². The van der Waals surface area contributed by atoms with E-state index >= 15 is 0 Å². The van der Waals surface area contributed by atoms with Gasteiger partial charge in [0.2, 0.25) is 0 Å². The number of methoxy groups -OCH3 is 3. The predicted molar refractivity (Wildman–Crippen MR) is 121 cm³/mol. The van der Waals surface area contributed by atoms with Gasteiger partial charge in [-0.1, -0.05) is 6.07 Å². The number of rotatable bonds is 8. The Morgan fingerprint density at radius 3 is 2.26 bits per heavy atom. The summed E-state index contributed by atoms with van der Waals surface area (Å²) in [6, 6.07) is 15.4. The molecule has 0 unspecified atom stereocenters. The van der Waals surface area contributed by atoms with Crippen LogP contribution in [0, 0.1) is 0 Å². The predicted octanol–water partition coefficient (Wildman–Crippen LogP) is 4.18. The number of hydrogen-bond acceptors (Lipinski definition) is 6. The number of anilines is 1. The van der Waals surface area contributed by atoms with Crippen LogP contribution in [-0.4, -0.2) is 33.1 Å². The second kappa shape index (κ2) is 10.3. The summed E-state index contributed by atoms with van der Waals surface area (Å²) in [7, 11) is 4.58. The highest BCUT2D eigenvalue weighted by molar-refractivity contribution is 7.10. The zero-order chi connectivity index (χ0) is 22.2. The first-order chi connectivity index (χ1) is 15.0. The second-order valence-corrected chi connectivity index (χ2v) is 7.26. The third-order valence-corrected chi connectivity index (χ3v) is 5.14. The highest BCUT2D eigenvalue weighted by atomic mass is 32.1. The van der Waals surface area contributed by atoms with Gasteiger partial charge in [0, 0.05) is 16.1 Å². The van der Waals surface area contributed by atoms with Crippen molar-refractivity contribution in [1.29, 1.82) is 0 Å². The van der Waals surface area contributed by atoms with Gasteiger partial charge < -0.3 is 24.8 Å². The van der Waals surface area contributed by atoms with Crippen molar-refractivity contribution < 1.29 is 23.8 Å². The third-order valence-electron chi connectivity index (χ3n) is 4.32. The van der Waals surface area contributed by atoms with Crippen LogP contribution in [0.1, 0.15) is 15.2 Å². The molecule has 8 heteroatoms. The van der Waals surface area contributed by atoms with Crippen LogP contribution in [-0.2, 0) is 4.79 Å². The number of amides is 2. The Labute approximate surface area is 184 Å². The quantitative estimate of drug-likeness (QED) is 0.515. The van der Waals surface area contributed by atoms with Crippen molar-refractivity contribution in [3.63, 3.8) is 0 Å². The molecule has 3 rings (SSSR count). The summed E-state index contributed by atoms with van der Waals surface area (Å²) in [5.74, 6) is 0.697. The molecule has 7 nitrogen and oxygen atoms in total. The van der Waals surface area contributed by atoms with E-state index in [0.717, 1.165) is 4.88 Å². The van der Waals surface area contributed by atoms with Crippen LogP contribution >= 0.6 is 11.3 Å². The van der Waals surface area contributed by atoms with Gasteiger partial charge in [0.1, 0.15) is 11.4 Å². The molecule has 0 radical (unpaired) electrons. The zero-order valence-corrected chi connectivity index (χ0v) is 18.1. The van der Waals surface area contributed by atoms with Gasteiger partial charge in [0.15, 0.2) is 11.5 Å². The van der Waals surface area contributed by atoms with Crippen molar-refractivity contribution in [2.24, 2.45) is 0 Å². The maximum Gasteiger partial charge on any atom is 0.272 e. The molecule has 0 aliphatic rings. The molecule has 0 bridgehead atoms. The van der Waals surface area contributed by atoms with Crippen LogP contribution in [0.25, 0.3) is 6.08 Å². The van der Waals surface area contributed by atoms with Crippen molar-refractivity contribution in [2.45, 2.75) is 0 Å². The molecule has 2 aromatic carbocycles. The third kappa shape index (κ3) is 5.64. The SMILES string of the molecule is COc1ccc(NC(=O)/C(=C/c2cccs2)NC(=O)c2ccc(OC)c(OC)c2)cc1. The maximum atomic E-state index is 12.9. The van der Waals surface area contributed by atoms with E-state index in [1.54, 1.807) is 55.7 Å². The molecule has 31 heavy (non-hydrogen) atoms. The standard InChI is InChI=1S/C23H22N2O5S/c1-28-17-9-7-16(8-10-17)24-23(27)19(14-18-5-4-12-31-18)25-22(26)15-6-11-20(29-2)21(13-15)30-3/h4-14H,1-3H3,(H,24,27)(H,25,26)/b19-14-. The molecule has 0 aliphatic carbocycles. The lowest BCUT2D eigenvalue weighted by Gasteiger charge is -2.13. The lowest BCUT2D eigenvalue weighted by Crippen LogP contribution is -2.30. The largest absolute Gasteiger partial charge is 0.497 e. The zero-order valence-electron chi connectivity index (χ0n) is 17.3. The Morgan fingerprint density at radius 2 is 1.65 bits per heavy atom. The van der Waals surface area contributed by atoms with Gasteiger partial charge in [-0.25, -0.2) is 0 Å². The molecule has 1 aromatic heterocycles. The molecule has 0 saturated carbocycles. The normalized spacial score (nSPS) is 10.9. The van der Waals surface area contributed by atoms with Crippen LogP contribution < -0.4 is 24.8 Å². The Morgan fingerprint density at radius 1 is 0.903 bits per heavy atom. The van der Waals surface area contributed by atoms with E-state index in [9.17, 15) is 9.59 Å². The molecule has 0 aliphatic heterocycles. The number of benzene rings is 2. The molecule has 2 N–H and O–H groups in total. The first-order valence-corrected chi connectivity index (χ1v) is 10.2. The maximum absolute atomic E-state index is 12.9. The average molecular weight is 439 g/mol. The van der Waals surface area contributed by atoms with E-state index in [0.29, 0.717) is 28.5 Å². The molecule has 0 fully saturated rings. The monoisotopic (exact) mass is 438 g/mol. The molecular weight excluding hydrogens is 416 g/mol. The number of thiophene rings is 1. The molecule has 160 valence electrons. The Hall–Kier alpha value is -3.78. The van der Waals surface area contributed by atoms with Gasteiger partial charge in [-0.2, -0.15) is 0 Å². The molecular formula is C23H22N2O5S. The summed E-state index contributed by atoms with van der Waals surface area (Å²) >= 11 is 1.45. The van der Waals surface area contributed by atoms with Crippen molar-refractivity contribution in [3.8, 4) is 17.2 Å². The summed E-state index contributed by atoms with van der Waals surface area (Å²) < 4.78 is 15.6. The molecule has 0 atom stereocenters. The fourth-order valence-corrected chi connectivity index (χ4v) is 3.38. The van der Waals surface area contributed by atoms with E-state index in [-0.39, 0.29) is 5.70 Å². The van der Waals surface area contributed by atoms with Crippen molar-refractivity contribution in [3.05, 3.63) is 76.1 Å². The van der Waals surface area contributed by atoms with E-state index in [1.807, 2.05) is 17.5 Å². The lowest BCUT2D eigenvalue weighted by molar-refractivity contribution is -0.113. The number of hydrogen-bond donors (Lipinski definition) is 2. The number of ether oxygens (including phenoxy) is 3. The minimum absolute atomic E-state index is 0.109. The summed E-state index contributed by atoms with van der Waals surface area (Å²) in [5.41, 5.74) is 1.01. The molecule has 0 saturated heterocycles. The molecule has 3 aromatic rings.